The van der Waals surface area contributed by atoms with Crippen molar-refractivity contribution in [3.8, 4) is 0 Å². The molecule has 0 bridgehead atoms. The highest BCUT2D eigenvalue weighted by molar-refractivity contribution is 5.93. The van der Waals surface area contributed by atoms with Gasteiger partial charge < -0.3 is 15.5 Å². The van der Waals surface area contributed by atoms with Gasteiger partial charge in [-0.3, -0.25) is 9.78 Å². The summed E-state index contributed by atoms with van der Waals surface area (Å²) in [5, 5.41) is 0. The van der Waals surface area contributed by atoms with Crippen LogP contribution in [-0.2, 0) is 0 Å². The number of rotatable bonds is 5. The van der Waals surface area contributed by atoms with Gasteiger partial charge in [-0.05, 0) is 38.3 Å². The predicted molar refractivity (Wildman–Crippen MR) is 85.5 cm³/mol. The highest BCUT2D eigenvalue weighted by Gasteiger charge is 2.30. The van der Waals surface area contributed by atoms with Crippen molar-refractivity contribution in [1.29, 1.82) is 0 Å². The number of amides is 1. The number of anilines is 1. The number of aromatic nitrogens is 1. The number of carbonyl (C=O) groups is 1. The van der Waals surface area contributed by atoms with Gasteiger partial charge in [0.05, 0.1) is 0 Å². The zero-order chi connectivity index (χ0) is 15.4. The van der Waals surface area contributed by atoms with Gasteiger partial charge >= 0.3 is 0 Å². The van der Waals surface area contributed by atoms with Gasteiger partial charge in [-0.25, -0.2) is 0 Å². The van der Waals surface area contributed by atoms with E-state index in [4.69, 9.17) is 5.73 Å². The Kier molecular flexibility index (Phi) is 5.17. The monoisotopic (exact) mass is 290 g/mol. The largest absolute Gasteiger partial charge is 0.367 e. The normalized spacial score (nSPS) is 21.6. The molecule has 1 amide bonds. The van der Waals surface area contributed by atoms with Gasteiger partial charge in [0.2, 0.25) is 0 Å². The van der Waals surface area contributed by atoms with Crippen molar-refractivity contribution in [2.24, 2.45) is 11.7 Å². The lowest BCUT2D eigenvalue weighted by Gasteiger charge is -2.28. The molecular weight excluding hydrogens is 264 g/mol. The Morgan fingerprint density at radius 3 is 2.81 bits per heavy atom. The molecule has 0 radical (unpaired) electrons. The lowest BCUT2D eigenvalue weighted by Crippen LogP contribution is -2.38. The van der Waals surface area contributed by atoms with E-state index < -0.39 is 0 Å². The molecule has 1 aliphatic rings. The first-order chi connectivity index (χ1) is 10.1. The molecule has 2 unspecified atom stereocenters. The quantitative estimate of drug-likeness (QED) is 0.897. The Bertz CT molecular complexity index is 487. The fourth-order valence-corrected chi connectivity index (χ4v) is 3.08. The summed E-state index contributed by atoms with van der Waals surface area (Å²) in [6, 6.07) is 4.23. The number of nitrogens with zero attached hydrogens (tertiary/aromatic N) is 3. The molecule has 0 spiro atoms. The van der Waals surface area contributed by atoms with Gasteiger partial charge in [-0.1, -0.05) is 6.92 Å². The minimum Gasteiger partial charge on any atom is -0.367 e. The van der Waals surface area contributed by atoms with E-state index in [9.17, 15) is 4.79 Å². The van der Waals surface area contributed by atoms with Crippen molar-refractivity contribution in [1.82, 2.24) is 9.88 Å². The molecule has 0 saturated carbocycles. The van der Waals surface area contributed by atoms with Crippen LogP contribution >= 0.6 is 0 Å². The minimum atomic E-state index is -0.00149. The lowest BCUT2D eigenvalue weighted by atomic mass is 10.0. The Balaban J connectivity index is 2.24. The molecule has 1 fully saturated rings. The molecule has 1 aliphatic heterocycles. The van der Waals surface area contributed by atoms with Crippen LogP contribution in [0.15, 0.2) is 18.3 Å². The second-order valence-corrected chi connectivity index (χ2v) is 5.64. The van der Waals surface area contributed by atoms with Crippen LogP contribution in [0.1, 0.15) is 37.7 Å². The zero-order valence-corrected chi connectivity index (χ0v) is 13.2. The Morgan fingerprint density at radius 1 is 1.48 bits per heavy atom. The predicted octanol–water partition coefficient (Wildman–Crippen LogP) is 1.74. The molecule has 2 N–H and O–H groups in total. The number of carbonyl (C=O) groups excluding carboxylic acids is 1. The van der Waals surface area contributed by atoms with E-state index in [2.05, 4.69) is 16.8 Å². The van der Waals surface area contributed by atoms with Crippen molar-refractivity contribution in [2.75, 3.05) is 31.1 Å². The SMILES string of the molecule is CCN(CC)C(=O)c1cc(N2CCC(C)C2CN)ccn1. The Labute approximate surface area is 127 Å². The summed E-state index contributed by atoms with van der Waals surface area (Å²) in [5.74, 6) is 0.587. The van der Waals surface area contributed by atoms with Crippen LogP contribution in [0.25, 0.3) is 0 Å². The second kappa shape index (κ2) is 6.89. The fraction of sp³-hybridized carbons (Fsp3) is 0.625. The van der Waals surface area contributed by atoms with Crippen molar-refractivity contribution in [3.05, 3.63) is 24.0 Å². The maximum absolute atomic E-state index is 12.4. The number of nitrogens with two attached hydrogens (primary N) is 1. The lowest BCUT2D eigenvalue weighted by molar-refractivity contribution is 0.0767. The van der Waals surface area contributed by atoms with Crippen LogP contribution in [0.3, 0.4) is 0 Å². The van der Waals surface area contributed by atoms with Gasteiger partial charge in [-0.2, -0.15) is 0 Å². The standard InChI is InChI=1S/C16H26N4O/c1-4-19(5-2)16(21)14-10-13(6-8-18-14)20-9-7-12(3)15(20)11-17/h6,8,10,12,15H,4-5,7,9,11,17H2,1-3H3. The minimum absolute atomic E-state index is 0.00149. The third-order valence-corrected chi connectivity index (χ3v) is 4.47. The van der Waals surface area contributed by atoms with E-state index in [1.54, 1.807) is 11.1 Å². The molecule has 1 aromatic rings. The molecule has 0 aromatic carbocycles. The van der Waals surface area contributed by atoms with E-state index in [1.165, 1.54) is 0 Å². The maximum atomic E-state index is 12.4. The first kappa shape index (κ1) is 15.8. The van der Waals surface area contributed by atoms with Gasteiger partial charge in [-0.15, -0.1) is 0 Å². The van der Waals surface area contributed by atoms with Crippen LogP contribution in [0, 0.1) is 5.92 Å². The molecule has 5 heteroatoms. The number of pyridine rings is 1. The van der Waals surface area contributed by atoms with Crippen molar-refractivity contribution < 1.29 is 4.79 Å². The highest BCUT2D eigenvalue weighted by atomic mass is 16.2. The van der Waals surface area contributed by atoms with Crippen LogP contribution < -0.4 is 10.6 Å². The van der Waals surface area contributed by atoms with Gasteiger partial charge in [0.25, 0.3) is 5.91 Å². The smallest absolute Gasteiger partial charge is 0.272 e. The summed E-state index contributed by atoms with van der Waals surface area (Å²) in [6.07, 6.45) is 2.87. The second-order valence-electron chi connectivity index (χ2n) is 5.64. The summed E-state index contributed by atoms with van der Waals surface area (Å²) in [4.78, 5) is 20.8. The average molecular weight is 290 g/mol. The summed E-state index contributed by atoms with van der Waals surface area (Å²) in [5.41, 5.74) is 7.48. The van der Waals surface area contributed by atoms with Crippen molar-refractivity contribution in [3.63, 3.8) is 0 Å². The van der Waals surface area contributed by atoms with E-state index in [0.717, 1.165) is 18.7 Å². The number of hydrogen-bond acceptors (Lipinski definition) is 4. The van der Waals surface area contributed by atoms with E-state index in [1.807, 2.05) is 26.0 Å². The summed E-state index contributed by atoms with van der Waals surface area (Å²) in [7, 11) is 0. The Morgan fingerprint density at radius 2 is 2.19 bits per heavy atom. The summed E-state index contributed by atoms with van der Waals surface area (Å²) in [6.45, 7) is 9.24. The molecule has 21 heavy (non-hydrogen) atoms. The maximum Gasteiger partial charge on any atom is 0.272 e. The molecule has 2 heterocycles. The molecular formula is C16H26N4O. The fourth-order valence-electron chi connectivity index (χ4n) is 3.08. The topological polar surface area (TPSA) is 62.5 Å². The summed E-state index contributed by atoms with van der Waals surface area (Å²) < 4.78 is 0. The molecule has 2 rings (SSSR count). The van der Waals surface area contributed by atoms with Crippen LogP contribution in [0.2, 0.25) is 0 Å². The summed E-state index contributed by atoms with van der Waals surface area (Å²) >= 11 is 0. The molecule has 1 saturated heterocycles. The molecule has 1 aromatic heterocycles. The van der Waals surface area contributed by atoms with Crippen LogP contribution in [-0.4, -0.2) is 48.0 Å². The van der Waals surface area contributed by atoms with Gasteiger partial charge in [0.1, 0.15) is 5.69 Å². The van der Waals surface area contributed by atoms with Crippen molar-refractivity contribution >= 4 is 11.6 Å². The zero-order valence-electron chi connectivity index (χ0n) is 13.2. The molecule has 2 atom stereocenters. The average Bonchev–Trinajstić information content (AvgIpc) is 2.89. The molecule has 116 valence electrons. The van der Waals surface area contributed by atoms with Gasteiger partial charge in [0, 0.05) is 44.1 Å². The highest BCUT2D eigenvalue weighted by Crippen LogP contribution is 2.29. The molecule has 5 nitrogen and oxygen atoms in total. The van der Waals surface area contributed by atoms with E-state index >= 15 is 0 Å². The van der Waals surface area contributed by atoms with Crippen LogP contribution in [0.5, 0.6) is 0 Å². The Hall–Kier alpha value is -1.62. The number of hydrogen-bond donors (Lipinski definition) is 1. The first-order valence-electron chi connectivity index (χ1n) is 7.84. The third-order valence-electron chi connectivity index (χ3n) is 4.47. The van der Waals surface area contributed by atoms with E-state index in [0.29, 0.717) is 37.3 Å². The third kappa shape index (κ3) is 3.18. The van der Waals surface area contributed by atoms with Crippen molar-refractivity contribution in [2.45, 2.75) is 33.2 Å². The van der Waals surface area contributed by atoms with E-state index in [-0.39, 0.29) is 5.91 Å². The molecule has 0 aliphatic carbocycles. The van der Waals surface area contributed by atoms with Crippen LogP contribution in [0.4, 0.5) is 5.69 Å². The van der Waals surface area contributed by atoms with Gasteiger partial charge in [0.15, 0.2) is 0 Å². The first-order valence-corrected chi connectivity index (χ1v) is 7.84.